The van der Waals surface area contributed by atoms with Crippen LogP contribution in [0.3, 0.4) is 0 Å². The molecule has 19 heavy (non-hydrogen) atoms. The fourth-order valence-corrected chi connectivity index (χ4v) is 19.7. The molecule has 0 saturated carbocycles. The van der Waals surface area contributed by atoms with Crippen molar-refractivity contribution in [1.82, 2.24) is 4.23 Å². The molecule has 0 saturated heterocycles. The van der Waals surface area contributed by atoms with E-state index in [1.54, 1.807) is 10.4 Å². The number of hydrogen-bond donors (Lipinski definition) is 0. The first kappa shape index (κ1) is 15.0. The van der Waals surface area contributed by atoms with Gasteiger partial charge in [0.05, 0.1) is 0 Å². The Labute approximate surface area is 121 Å². The van der Waals surface area contributed by atoms with Crippen LogP contribution in [0.5, 0.6) is 0 Å². The van der Waals surface area contributed by atoms with E-state index in [4.69, 9.17) is 0 Å². The lowest BCUT2D eigenvalue weighted by atomic mass is 10.4. The van der Waals surface area contributed by atoms with E-state index in [0.29, 0.717) is 0 Å². The van der Waals surface area contributed by atoms with Crippen molar-refractivity contribution in [3.63, 3.8) is 0 Å². The van der Waals surface area contributed by atoms with E-state index in [2.05, 4.69) is 63.1 Å². The highest BCUT2D eigenvalue weighted by Gasteiger charge is 2.56. The first-order chi connectivity index (χ1) is 9.16. The lowest BCUT2D eigenvalue weighted by molar-refractivity contribution is 0.641. The molecule has 0 amide bonds. The van der Waals surface area contributed by atoms with Gasteiger partial charge in [0.15, 0.2) is 16.5 Å². The fraction of sp³-hybridized carbons (Fsp3) is 0.625. The van der Waals surface area contributed by atoms with Crippen LogP contribution < -0.4 is 10.4 Å². The van der Waals surface area contributed by atoms with Crippen LogP contribution in [-0.4, -0.2) is 27.2 Å². The van der Waals surface area contributed by atoms with E-state index >= 15 is 0 Å². The number of fused-ring (bicyclic) bond motifs is 1. The van der Waals surface area contributed by atoms with Crippen molar-refractivity contribution in [3.05, 3.63) is 24.3 Å². The predicted octanol–water partition coefficient (Wildman–Crippen LogP) is 3.41. The second-order valence-corrected chi connectivity index (χ2v) is 15.3. The maximum Gasteiger partial charge on any atom is 0.153 e. The van der Waals surface area contributed by atoms with Crippen LogP contribution in [0.1, 0.15) is 34.6 Å². The molecule has 0 spiro atoms. The van der Waals surface area contributed by atoms with E-state index in [1.807, 2.05) is 0 Å². The zero-order chi connectivity index (χ0) is 14.1. The Balaban J connectivity index is 2.73. The van der Waals surface area contributed by atoms with Crippen LogP contribution in [0, 0.1) is 0 Å². The first-order valence-electron chi connectivity index (χ1n) is 8.04. The van der Waals surface area contributed by atoms with Gasteiger partial charge in [-0.25, -0.2) is 0 Å². The average Bonchev–Trinajstić information content (AvgIpc) is 2.73. The van der Waals surface area contributed by atoms with Crippen LogP contribution in [0.2, 0.25) is 24.2 Å². The molecular weight excluding hydrogens is 262 g/mol. The van der Waals surface area contributed by atoms with E-state index in [0.717, 1.165) is 0 Å². The summed E-state index contributed by atoms with van der Waals surface area (Å²) < 4.78 is 3.07. The molecule has 1 aliphatic rings. The molecular formula is C16H29NSi2. The zero-order valence-electron chi connectivity index (χ0n) is 13.3. The molecule has 1 heterocycles. The van der Waals surface area contributed by atoms with Gasteiger partial charge in [-0.15, -0.1) is 0 Å². The molecule has 0 unspecified atom stereocenters. The molecule has 3 heteroatoms. The van der Waals surface area contributed by atoms with E-state index in [-0.39, 0.29) is 0 Å². The Morgan fingerprint density at radius 2 is 1.11 bits per heavy atom. The Bertz CT molecular complexity index is 397. The van der Waals surface area contributed by atoms with Gasteiger partial charge in [-0.2, -0.15) is 0 Å². The summed E-state index contributed by atoms with van der Waals surface area (Å²) in [6.45, 7) is 13.4. The molecule has 0 atom stereocenters. The van der Waals surface area contributed by atoms with Crippen LogP contribution in [0.15, 0.2) is 24.3 Å². The van der Waals surface area contributed by atoms with Gasteiger partial charge in [-0.3, -0.25) is 0 Å². The molecule has 0 aromatic heterocycles. The minimum Gasteiger partial charge on any atom is -0.338 e. The average molecular weight is 292 g/mol. The lowest BCUT2D eigenvalue weighted by Gasteiger charge is -2.44. The van der Waals surface area contributed by atoms with Gasteiger partial charge in [-0.1, -0.05) is 58.9 Å². The molecule has 1 nitrogen and oxygen atoms in total. The van der Waals surface area contributed by atoms with Crippen molar-refractivity contribution >= 4 is 26.8 Å². The second-order valence-electron chi connectivity index (χ2n) is 5.77. The van der Waals surface area contributed by atoms with Gasteiger partial charge in [0.2, 0.25) is 0 Å². The lowest BCUT2D eigenvalue weighted by Crippen LogP contribution is -2.64. The summed E-state index contributed by atoms with van der Waals surface area (Å²) in [4.78, 5) is 0. The number of benzene rings is 1. The monoisotopic (exact) mass is 291 g/mol. The minimum atomic E-state index is -1.41. The highest BCUT2D eigenvalue weighted by Crippen LogP contribution is 2.35. The summed E-state index contributed by atoms with van der Waals surface area (Å²) in [5.41, 5.74) is 0. The molecule has 0 fully saturated rings. The van der Waals surface area contributed by atoms with Crippen LogP contribution >= 0.6 is 0 Å². The quantitative estimate of drug-likeness (QED) is 0.752. The van der Waals surface area contributed by atoms with Crippen molar-refractivity contribution in [3.8, 4) is 0 Å². The largest absolute Gasteiger partial charge is 0.338 e. The topological polar surface area (TPSA) is 3.24 Å². The molecule has 1 aromatic rings. The Hall–Kier alpha value is -0.386. The van der Waals surface area contributed by atoms with Crippen molar-refractivity contribution in [2.45, 2.75) is 58.8 Å². The summed E-state index contributed by atoms with van der Waals surface area (Å²) in [6, 6.07) is 15.0. The Morgan fingerprint density at radius 1 is 0.737 bits per heavy atom. The van der Waals surface area contributed by atoms with Crippen molar-refractivity contribution in [2.75, 3.05) is 6.54 Å². The van der Waals surface area contributed by atoms with Crippen molar-refractivity contribution in [2.24, 2.45) is 0 Å². The molecule has 1 aliphatic heterocycles. The van der Waals surface area contributed by atoms with E-state index in [1.165, 1.54) is 30.7 Å². The molecule has 2 rings (SSSR count). The molecule has 106 valence electrons. The third-order valence-electron chi connectivity index (χ3n) is 5.62. The summed E-state index contributed by atoms with van der Waals surface area (Å²) in [5, 5.41) is 3.58. The zero-order valence-corrected chi connectivity index (χ0v) is 15.3. The smallest absolute Gasteiger partial charge is 0.153 e. The summed E-state index contributed by atoms with van der Waals surface area (Å²) >= 11 is 0. The van der Waals surface area contributed by atoms with Crippen LogP contribution in [0.4, 0.5) is 0 Å². The predicted molar refractivity (Wildman–Crippen MR) is 91.5 cm³/mol. The van der Waals surface area contributed by atoms with Gasteiger partial charge in [0, 0.05) is 0 Å². The first-order valence-corrected chi connectivity index (χ1v) is 12.8. The standard InChI is InChI=1S/C16H29NSi2/c1-6-17-18(7-2,8-3)15-13-11-12-14-16(15)19(17,9-4)10-5/h11-14H,6-10H2,1-5H3. The highest BCUT2D eigenvalue weighted by molar-refractivity contribution is 7.12. The van der Waals surface area contributed by atoms with Gasteiger partial charge in [0.1, 0.15) is 0 Å². The minimum absolute atomic E-state index is 1.26. The normalized spacial score (nSPS) is 20.5. The van der Waals surface area contributed by atoms with Gasteiger partial charge in [-0.05, 0) is 41.1 Å². The maximum absolute atomic E-state index is 3.07. The highest BCUT2D eigenvalue weighted by atomic mass is 28.4. The fourth-order valence-electron chi connectivity index (χ4n) is 4.63. The molecule has 0 radical (unpaired) electrons. The van der Waals surface area contributed by atoms with Gasteiger partial charge in [0.25, 0.3) is 0 Å². The number of rotatable bonds is 5. The third-order valence-corrected chi connectivity index (χ3v) is 18.7. The third kappa shape index (κ3) is 1.82. The van der Waals surface area contributed by atoms with Crippen molar-refractivity contribution < 1.29 is 0 Å². The molecule has 0 bridgehead atoms. The second kappa shape index (κ2) is 5.54. The SMILES string of the molecule is CCN1[Si](CC)(CC)c2ccccc2[Si]1(CC)CC. The Kier molecular flexibility index (Phi) is 4.38. The number of hydrogen-bond acceptors (Lipinski definition) is 1. The van der Waals surface area contributed by atoms with E-state index in [9.17, 15) is 0 Å². The van der Waals surface area contributed by atoms with Crippen LogP contribution in [0.25, 0.3) is 0 Å². The van der Waals surface area contributed by atoms with Crippen LogP contribution in [-0.2, 0) is 0 Å². The van der Waals surface area contributed by atoms with Gasteiger partial charge < -0.3 is 4.23 Å². The summed E-state index contributed by atoms with van der Waals surface area (Å²) in [6.07, 6.45) is 0. The molecule has 0 aliphatic carbocycles. The Morgan fingerprint density at radius 3 is 1.37 bits per heavy atom. The van der Waals surface area contributed by atoms with Gasteiger partial charge >= 0.3 is 0 Å². The maximum atomic E-state index is 3.07. The summed E-state index contributed by atoms with van der Waals surface area (Å²) in [7, 11) is -2.83. The molecule has 0 N–H and O–H groups in total. The molecule has 1 aromatic carbocycles. The summed E-state index contributed by atoms with van der Waals surface area (Å²) in [5.74, 6) is 0. The van der Waals surface area contributed by atoms with E-state index < -0.39 is 16.5 Å². The number of nitrogens with zero attached hydrogens (tertiary/aromatic N) is 1. The van der Waals surface area contributed by atoms with Crippen molar-refractivity contribution in [1.29, 1.82) is 0 Å².